The summed E-state index contributed by atoms with van der Waals surface area (Å²) in [6, 6.07) is 14.9. The monoisotopic (exact) mass is 421 g/mol. The molecule has 0 radical (unpaired) electrons. The summed E-state index contributed by atoms with van der Waals surface area (Å²) in [6.07, 6.45) is 4.32. The van der Waals surface area contributed by atoms with E-state index in [1.807, 2.05) is 63.3 Å². The van der Waals surface area contributed by atoms with Crippen molar-refractivity contribution < 1.29 is 13.5 Å². The van der Waals surface area contributed by atoms with Crippen molar-refractivity contribution in [1.29, 1.82) is 0 Å². The fraction of sp³-hybridized carbons (Fsp3) is 0.364. The van der Waals surface area contributed by atoms with E-state index in [0.29, 0.717) is 11.4 Å². The third-order valence-corrected chi connectivity index (χ3v) is 6.78. The van der Waals surface area contributed by atoms with Gasteiger partial charge in [0, 0.05) is 17.1 Å². The fourth-order valence-corrected chi connectivity index (χ4v) is 5.08. The Balaban J connectivity index is 2.43. The van der Waals surface area contributed by atoms with Gasteiger partial charge in [0.1, 0.15) is 0 Å². The molecule has 0 amide bonds. The van der Waals surface area contributed by atoms with Gasteiger partial charge in [0.05, 0.1) is 11.5 Å². The lowest BCUT2D eigenvalue weighted by Gasteiger charge is -2.34. The number of rotatable bonds is 9. The van der Waals surface area contributed by atoms with Crippen molar-refractivity contribution in [3.63, 3.8) is 0 Å². The molecule has 0 aliphatic carbocycles. The zero-order valence-corrected chi connectivity index (χ0v) is 18.1. The van der Waals surface area contributed by atoms with Gasteiger partial charge in [-0.25, -0.2) is 8.42 Å². The van der Waals surface area contributed by atoms with Crippen LogP contribution in [0, 0.1) is 5.92 Å². The molecule has 2 rings (SSSR count). The first kappa shape index (κ1) is 22.6. The molecule has 152 valence electrons. The van der Waals surface area contributed by atoms with Crippen LogP contribution in [0.3, 0.4) is 0 Å². The maximum Gasteiger partial charge on any atom is 0.243 e. The second-order valence-electron chi connectivity index (χ2n) is 7.27. The lowest BCUT2D eigenvalue weighted by atomic mass is 10.0. The van der Waals surface area contributed by atoms with Crippen molar-refractivity contribution in [2.45, 2.75) is 44.2 Å². The minimum Gasteiger partial charge on any atom is -0.395 e. The first-order chi connectivity index (χ1) is 13.3. The molecule has 0 heterocycles. The lowest BCUT2D eigenvalue weighted by molar-refractivity contribution is 0.156. The summed E-state index contributed by atoms with van der Waals surface area (Å²) in [5.41, 5.74) is 0.989. The highest BCUT2D eigenvalue weighted by Crippen LogP contribution is 2.26. The molecular weight excluding hydrogens is 394 g/mol. The second kappa shape index (κ2) is 10.2. The van der Waals surface area contributed by atoms with Gasteiger partial charge in [-0.2, -0.15) is 4.31 Å². The van der Waals surface area contributed by atoms with Crippen LogP contribution in [-0.4, -0.2) is 36.5 Å². The average molecular weight is 422 g/mol. The van der Waals surface area contributed by atoms with Gasteiger partial charge in [-0.3, -0.25) is 0 Å². The van der Waals surface area contributed by atoms with Crippen LogP contribution >= 0.6 is 11.6 Å². The van der Waals surface area contributed by atoms with Crippen molar-refractivity contribution in [2.75, 3.05) is 6.61 Å². The van der Waals surface area contributed by atoms with Crippen LogP contribution in [0.5, 0.6) is 0 Å². The van der Waals surface area contributed by atoms with E-state index in [2.05, 4.69) is 0 Å². The second-order valence-corrected chi connectivity index (χ2v) is 9.54. The maximum absolute atomic E-state index is 13.4. The van der Waals surface area contributed by atoms with Gasteiger partial charge in [0.2, 0.25) is 10.0 Å². The number of benzene rings is 2. The molecule has 4 nitrogen and oxygen atoms in total. The third-order valence-electron chi connectivity index (χ3n) is 4.47. The molecule has 6 heteroatoms. The van der Waals surface area contributed by atoms with Crippen LogP contribution in [0.1, 0.15) is 32.8 Å². The Labute approximate surface area is 173 Å². The predicted molar refractivity (Wildman–Crippen MR) is 116 cm³/mol. The Kier molecular flexibility index (Phi) is 8.25. The molecule has 0 saturated heterocycles. The van der Waals surface area contributed by atoms with Crippen LogP contribution in [0.4, 0.5) is 0 Å². The smallest absolute Gasteiger partial charge is 0.243 e. The lowest BCUT2D eigenvalue weighted by Crippen LogP contribution is -2.47. The molecule has 0 fully saturated rings. The molecule has 0 saturated carbocycles. The summed E-state index contributed by atoms with van der Waals surface area (Å²) in [7, 11) is -3.81. The third kappa shape index (κ3) is 5.92. The molecule has 0 aliphatic heterocycles. The van der Waals surface area contributed by atoms with E-state index < -0.39 is 22.1 Å². The molecule has 0 aliphatic rings. The highest BCUT2D eigenvalue weighted by Gasteiger charge is 2.34. The van der Waals surface area contributed by atoms with Crippen LogP contribution in [-0.2, 0) is 10.0 Å². The molecule has 2 atom stereocenters. The van der Waals surface area contributed by atoms with Crippen LogP contribution in [0.15, 0.2) is 65.6 Å². The van der Waals surface area contributed by atoms with E-state index >= 15 is 0 Å². The van der Waals surface area contributed by atoms with Gasteiger partial charge in [0.25, 0.3) is 0 Å². The SMILES string of the molecule is CC(C)CC(CO)N(C(C)C=Cc1ccccc1)S(=O)(=O)c1ccc(Cl)cc1. The van der Waals surface area contributed by atoms with Crippen molar-refractivity contribution in [1.82, 2.24) is 4.31 Å². The van der Waals surface area contributed by atoms with Crippen LogP contribution in [0.2, 0.25) is 5.02 Å². The largest absolute Gasteiger partial charge is 0.395 e. The van der Waals surface area contributed by atoms with E-state index in [4.69, 9.17) is 11.6 Å². The Morgan fingerprint density at radius 3 is 2.18 bits per heavy atom. The fourth-order valence-electron chi connectivity index (χ4n) is 3.18. The summed E-state index contributed by atoms with van der Waals surface area (Å²) in [6.45, 7) is 5.62. The molecule has 0 spiro atoms. The average Bonchev–Trinajstić information content (AvgIpc) is 2.66. The molecule has 1 N–H and O–H groups in total. The van der Waals surface area contributed by atoms with E-state index in [-0.39, 0.29) is 17.4 Å². The van der Waals surface area contributed by atoms with Crippen molar-refractivity contribution in [3.05, 3.63) is 71.3 Å². The molecule has 28 heavy (non-hydrogen) atoms. The number of nitrogens with zero attached hydrogens (tertiary/aromatic N) is 1. The minimum atomic E-state index is -3.81. The number of aliphatic hydroxyl groups excluding tert-OH is 1. The van der Waals surface area contributed by atoms with Crippen molar-refractivity contribution in [2.24, 2.45) is 5.92 Å². The van der Waals surface area contributed by atoms with Gasteiger partial charge in [-0.15, -0.1) is 0 Å². The highest BCUT2D eigenvalue weighted by molar-refractivity contribution is 7.89. The normalized spacial score (nSPS) is 14.7. The summed E-state index contributed by atoms with van der Waals surface area (Å²) in [4.78, 5) is 0.166. The number of hydrogen-bond donors (Lipinski definition) is 1. The van der Waals surface area contributed by atoms with Crippen molar-refractivity contribution in [3.8, 4) is 0 Å². The summed E-state index contributed by atoms with van der Waals surface area (Å²) in [5.74, 6) is 0.241. The predicted octanol–water partition coefficient (Wildman–Crippen LogP) is 4.84. The summed E-state index contributed by atoms with van der Waals surface area (Å²) < 4.78 is 28.2. The topological polar surface area (TPSA) is 57.6 Å². The number of sulfonamides is 1. The molecule has 2 aromatic carbocycles. The van der Waals surface area contributed by atoms with Gasteiger partial charge in [0.15, 0.2) is 0 Å². The van der Waals surface area contributed by atoms with E-state index in [1.54, 1.807) is 12.1 Å². The zero-order valence-electron chi connectivity index (χ0n) is 16.5. The standard InChI is InChI=1S/C22H28ClNO3S/c1-17(2)15-21(16-25)24(18(3)9-10-19-7-5-4-6-8-19)28(26,27)22-13-11-20(23)12-14-22/h4-14,17-18,21,25H,15-16H2,1-3H3. The Bertz CT molecular complexity index is 864. The number of halogens is 1. The Hall–Kier alpha value is -1.66. The van der Waals surface area contributed by atoms with Crippen molar-refractivity contribution >= 4 is 27.7 Å². The van der Waals surface area contributed by atoms with Gasteiger partial charge in [-0.05, 0) is 49.1 Å². The van der Waals surface area contributed by atoms with Gasteiger partial charge >= 0.3 is 0 Å². The Morgan fingerprint density at radius 2 is 1.64 bits per heavy atom. The molecular formula is C22H28ClNO3S. The van der Waals surface area contributed by atoms with Crippen LogP contribution < -0.4 is 0 Å². The molecule has 2 unspecified atom stereocenters. The van der Waals surface area contributed by atoms with Crippen LogP contribution in [0.25, 0.3) is 6.08 Å². The summed E-state index contributed by atoms with van der Waals surface area (Å²) >= 11 is 5.92. The quantitative estimate of drug-likeness (QED) is 0.630. The van der Waals surface area contributed by atoms with Gasteiger partial charge < -0.3 is 5.11 Å². The highest BCUT2D eigenvalue weighted by atomic mass is 35.5. The minimum absolute atomic E-state index is 0.166. The Morgan fingerprint density at radius 1 is 1.04 bits per heavy atom. The zero-order chi connectivity index (χ0) is 20.7. The number of aliphatic hydroxyl groups is 1. The van der Waals surface area contributed by atoms with E-state index in [9.17, 15) is 13.5 Å². The number of hydrogen-bond acceptors (Lipinski definition) is 3. The maximum atomic E-state index is 13.4. The van der Waals surface area contributed by atoms with E-state index in [0.717, 1.165) is 5.56 Å². The molecule has 0 aromatic heterocycles. The first-order valence-corrected chi connectivity index (χ1v) is 11.2. The molecule has 0 bridgehead atoms. The van der Waals surface area contributed by atoms with Gasteiger partial charge in [-0.1, -0.05) is 67.9 Å². The van der Waals surface area contributed by atoms with E-state index in [1.165, 1.54) is 16.4 Å². The summed E-state index contributed by atoms with van der Waals surface area (Å²) in [5, 5.41) is 10.5. The first-order valence-electron chi connectivity index (χ1n) is 9.39. The molecule has 2 aromatic rings.